The predicted octanol–water partition coefficient (Wildman–Crippen LogP) is 8.19. The van der Waals surface area contributed by atoms with Crippen LogP contribution in [-0.2, 0) is 0 Å². The lowest BCUT2D eigenvalue weighted by Gasteiger charge is -2.20. The smallest absolute Gasteiger partial charge is 0.271 e. The molecule has 2 heterocycles. The van der Waals surface area contributed by atoms with Crippen molar-refractivity contribution >= 4 is 40.7 Å². The Kier molecular flexibility index (Phi) is 7.81. The highest BCUT2D eigenvalue weighted by Crippen LogP contribution is 2.40. The van der Waals surface area contributed by atoms with Crippen molar-refractivity contribution in [3.8, 4) is 34.0 Å². The number of rotatable bonds is 6. The van der Waals surface area contributed by atoms with Crippen LogP contribution in [-0.4, -0.2) is 29.0 Å². The average molecular weight is 575 g/mol. The van der Waals surface area contributed by atoms with Crippen molar-refractivity contribution in [1.82, 2.24) is 15.4 Å². The van der Waals surface area contributed by atoms with Crippen LogP contribution < -0.4 is 10.2 Å². The third-order valence-electron chi connectivity index (χ3n) is 6.04. The van der Waals surface area contributed by atoms with Crippen molar-refractivity contribution in [2.24, 2.45) is 0 Å². The van der Waals surface area contributed by atoms with Gasteiger partial charge in [-0.05, 0) is 66.9 Å². The van der Waals surface area contributed by atoms with Crippen LogP contribution in [0.15, 0.2) is 66.7 Å². The molecule has 5 rings (SSSR count). The number of benzene rings is 3. The molecule has 194 valence electrons. The third-order valence-corrected chi connectivity index (χ3v) is 6.84. The number of amides is 1. The van der Waals surface area contributed by atoms with Crippen molar-refractivity contribution in [2.75, 3.05) is 13.1 Å². The number of pyridine rings is 1. The zero-order chi connectivity index (χ0) is 26.8. The fourth-order valence-corrected chi connectivity index (χ4v) is 4.78. The SMILES string of the molecule is O=C(NN1CCCC1)c1cc(-c2ccc(Cl)cc2)c(-c2ccc(Cl)cc2Cl)nc1Oc1ccc(F)c(F)c1. The molecule has 10 heteroatoms. The first-order valence-corrected chi connectivity index (χ1v) is 12.9. The van der Waals surface area contributed by atoms with Gasteiger partial charge < -0.3 is 4.74 Å². The second-order valence-electron chi connectivity index (χ2n) is 8.68. The molecule has 1 saturated heterocycles. The van der Waals surface area contributed by atoms with Gasteiger partial charge in [-0.15, -0.1) is 0 Å². The molecule has 1 fully saturated rings. The fourth-order valence-electron chi connectivity index (χ4n) is 4.16. The summed E-state index contributed by atoms with van der Waals surface area (Å²) in [5.74, 6) is -2.71. The molecule has 5 nitrogen and oxygen atoms in total. The van der Waals surface area contributed by atoms with E-state index in [2.05, 4.69) is 5.43 Å². The molecule has 0 unspecified atom stereocenters. The first-order valence-electron chi connectivity index (χ1n) is 11.7. The molecule has 0 aliphatic carbocycles. The number of halogens is 5. The van der Waals surface area contributed by atoms with Gasteiger partial charge in [-0.2, -0.15) is 0 Å². The van der Waals surface area contributed by atoms with Crippen LogP contribution in [0.1, 0.15) is 23.2 Å². The lowest BCUT2D eigenvalue weighted by Crippen LogP contribution is -2.40. The van der Waals surface area contributed by atoms with E-state index in [1.807, 2.05) is 5.01 Å². The third kappa shape index (κ3) is 5.76. The number of nitrogens with zero attached hydrogens (tertiary/aromatic N) is 2. The molecule has 1 amide bonds. The summed E-state index contributed by atoms with van der Waals surface area (Å²) in [5.41, 5.74) is 5.20. The Balaban J connectivity index is 1.70. The van der Waals surface area contributed by atoms with Crippen LogP contribution >= 0.6 is 34.8 Å². The standard InChI is InChI=1S/C28H20Cl3F2N3O2/c29-17-5-3-16(4-6-17)21-15-22(27(37)35-36-11-1-2-12-36)28(38-19-8-10-24(32)25(33)14-19)34-26(21)20-9-7-18(30)13-23(20)31/h3-10,13-15H,1-2,11-12H2,(H,35,37). The fraction of sp³-hybridized carbons (Fsp3) is 0.143. The molecule has 0 radical (unpaired) electrons. The Hall–Kier alpha value is -3.23. The van der Waals surface area contributed by atoms with Gasteiger partial charge in [-0.25, -0.2) is 18.8 Å². The monoisotopic (exact) mass is 573 g/mol. The summed E-state index contributed by atoms with van der Waals surface area (Å²) in [6.45, 7) is 1.42. The summed E-state index contributed by atoms with van der Waals surface area (Å²) in [5, 5.41) is 3.12. The van der Waals surface area contributed by atoms with Gasteiger partial charge in [0.2, 0.25) is 5.88 Å². The second kappa shape index (κ2) is 11.3. The molecule has 0 spiro atoms. The molecular formula is C28H20Cl3F2N3O2. The van der Waals surface area contributed by atoms with Gasteiger partial charge in [0.25, 0.3) is 5.91 Å². The highest BCUT2D eigenvalue weighted by atomic mass is 35.5. The van der Waals surface area contributed by atoms with E-state index in [0.29, 0.717) is 45.0 Å². The topological polar surface area (TPSA) is 54.5 Å². The van der Waals surface area contributed by atoms with E-state index < -0.39 is 17.5 Å². The van der Waals surface area contributed by atoms with E-state index in [-0.39, 0.29) is 17.2 Å². The maximum absolute atomic E-state index is 14.0. The van der Waals surface area contributed by atoms with E-state index in [1.54, 1.807) is 48.5 Å². The Morgan fingerprint density at radius 2 is 1.55 bits per heavy atom. The Morgan fingerprint density at radius 3 is 2.24 bits per heavy atom. The van der Waals surface area contributed by atoms with Gasteiger partial charge in [0, 0.05) is 40.3 Å². The summed E-state index contributed by atoms with van der Waals surface area (Å²) in [6.07, 6.45) is 1.92. The summed E-state index contributed by atoms with van der Waals surface area (Å²) < 4.78 is 33.4. The lowest BCUT2D eigenvalue weighted by molar-refractivity contribution is 0.0823. The maximum atomic E-state index is 14.0. The minimum Gasteiger partial charge on any atom is -0.438 e. The van der Waals surface area contributed by atoms with Crippen LogP contribution in [0.5, 0.6) is 11.6 Å². The van der Waals surface area contributed by atoms with Crippen LogP contribution in [0, 0.1) is 11.6 Å². The van der Waals surface area contributed by atoms with E-state index in [4.69, 9.17) is 44.5 Å². The van der Waals surface area contributed by atoms with Gasteiger partial charge in [0.1, 0.15) is 11.3 Å². The molecule has 1 aliphatic heterocycles. The highest BCUT2D eigenvalue weighted by molar-refractivity contribution is 6.36. The summed E-state index contributed by atoms with van der Waals surface area (Å²) in [7, 11) is 0. The van der Waals surface area contributed by atoms with Gasteiger partial charge in [-0.3, -0.25) is 10.2 Å². The number of hydrazine groups is 1. The number of nitrogens with one attached hydrogen (secondary N) is 1. The quantitative estimate of drug-likeness (QED) is 0.252. The molecule has 3 aromatic carbocycles. The van der Waals surface area contributed by atoms with Gasteiger partial charge in [0.05, 0.1) is 10.7 Å². The van der Waals surface area contributed by atoms with Gasteiger partial charge in [0.15, 0.2) is 11.6 Å². The van der Waals surface area contributed by atoms with Gasteiger partial charge in [-0.1, -0.05) is 46.9 Å². The van der Waals surface area contributed by atoms with E-state index in [0.717, 1.165) is 30.5 Å². The summed E-state index contributed by atoms with van der Waals surface area (Å²) >= 11 is 18.8. The zero-order valence-corrected chi connectivity index (χ0v) is 22.0. The zero-order valence-electron chi connectivity index (χ0n) is 19.8. The first kappa shape index (κ1) is 26.4. The Morgan fingerprint density at radius 1 is 0.842 bits per heavy atom. The van der Waals surface area contributed by atoms with Crippen molar-refractivity contribution in [2.45, 2.75) is 12.8 Å². The lowest BCUT2D eigenvalue weighted by atomic mass is 9.97. The van der Waals surface area contributed by atoms with Crippen LogP contribution in [0.25, 0.3) is 22.4 Å². The average Bonchev–Trinajstić information content (AvgIpc) is 3.40. The van der Waals surface area contributed by atoms with Crippen molar-refractivity contribution in [1.29, 1.82) is 0 Å². The minimum absolute atomic E-state index is 0.0287. The molecule has 1 N–H and O–H groups in total. The van der Waals surface area contributed by atoms with Crippen molar-refractivity contribution in [3.05, 3.63) is 99.0 Å². The van der Waals surface area contributed by atoms with E-state index in [1.165, 1.54) is 6.07 Å². The number of ether oxygens (including phenoxy) is 1. The molecular weight excluding hydrogens is 555 g/mol. The Bertz CT molecular complexity index is 1510. The van der Waals surface area contributed by atoms with Crippen molar-refractivity contribution in [3.63, 3.8) is 0 Å². The second-order valence-corrected chi connectivity index (χ2v) is 9.96. The van der Waals surface area contributed by atoms with Crippen LogP contribution in [0.4, 0.5) is 8.78 Å². The summed E-state index contributed by atoms with van der Waals surface area (Å²) in [4.78, 5) is 18.2. The maximum Gasteiger partial charge on any atom is 0.271 e. The van der Waals surface area contributed by atoms with Gasteiger partial charge >= 0.3 is 0 Å². The molecule has 4 aromatic rings. The van der Waals surface area contributed by atoms with Crippen molar-refractivity contribution < 1.29 is 18.3 Å². The normalized spacial score (nSPS) is 13.5. The van der Waals surface area contributed by atoms with Crippen LogP contribution in [0.3, 0.4) is 0 Å². The number of hydrogen-bond donors (Lipinski definition) is 1. The molecule has 1 aliphatic rings. The number of hydrogen-bond acceptors (Lipinski definition) is 4. The molecule has 1 aromatic heterocycles. The number of aromatic nitrogens is 1. The minimum atomic E-state index is -1.09. The number of carbonyl (C=O) groups is 1. The molecule has 0 saturated carbocycles. The molecule has 38 heavy (non-hydrogen) atoms. The summed E-state index contributed by atoms with van der Waals surface area (Å²) in [6, 6.07) is 16.7. The number of carbonyl (C=O) groups excluding carboxylic acids is 1. The highest BCUT2D eigenvalue weighted by Gasteiger charge is 2.24. The van der Waals surface area contributed by atoms with E-state index >= 15 is 0 Å². The molecule has 0 bridgehead atoms. The first-order chi connectivity index (χ1) is 18.3. The van der Waals surface area contributed by atoms with E-state index in [9.17, 15) is 13.6 Å². The van der Waals surface area contributed by atoms with Crippen LogP contribution in [0.2, 0.25) is 15.1 Å². The predicted molar refractivity (Wildman–Crippen MR) is 145 cm³/mol. The Labute approximate surface area is 232 Å². The molecule has 0 atom stereocenters. The largest absolute Gasteiger partial charge is 0.438 e.